The number of alkyl carbamates (subject to hydrolysis) is 1. The molecule has 3 aromatic rings. The number of para-hydroxylation sites is 1. The molecule has 0 spiro atoms. The molecule has 0 fully saturated rings. The van der Waals surface area contributed by atoms with Crippen molar-refractivity contribution in [1.82, 2.24) is 20.6 Å². The molecule has 2 aromatic carbocycles. The van der Waals surface area contributed by atoms with Crippen LogP contribution < -0.4 is 15.4 Å². The molecule has 0 bridgehead atoms. The minimum absolute atomic E-state index is 0.0746. The number of aromatic nitrogens is 2. The Hall–Kier alpha value is -4.34. The Labute approximate surface area is 190 Å². The smallest absolute Gasteiger partial charge is 0.407 e. The van der Waals surface area contributed by atoms with Crippen LogP contribution in [0.4, 0.5) is 4.79 Å². The molecular formula is C23H24N4O6. The standard InChI is InChI=1S/C23H24N4O6/c1-2-32-17-11-7-6-10-16(17)12-24-21(29)19-20(28)22(30)27-18(26-19)13-25-23(31)33-14-15-8-4-3-5-9-15/h3-11,28H,2,12-14H2,1H3,(H,24,29)(H,25,31)(H,26,27,30). The van der Waals surface area contributed by atoms with Gasteiger partial charge in [-0.15, -0.1) is 0 Å². The van der Waals surface area contributed by atoms with Crippen molar-refractivity contribution >= 4 is 12.0 Å². The summed E-state index contributed by atoms with van der Waals surface area (Å²) in [4.78, 5) is 32.1. The van der Waals surface area contributed by atoms with Crippen molar-refractivity contribution in [2.75, 3.05) is 6.61 Å². The Kier molecular flexibility index (Phi) is 8.01. The quantitative estimate of drug-likeness (QED) is 0.388. The highest BCUT2D eigenvalue weighted by atomic mass is 16.5. The summed E-state index contributed by atoms with van der Waals surface area (Å²) in [5, 5.41) is 25.0. The van der Waals surface area contributed by atoms with Crippen LogP contribution in [-0.4, -0.2) is 38.8 Å². The van der Waals surface area contributed by atoms with Crippen molar-refractivity contribution in [2.45, 2.75) is 26.6 Å². The minimum Gasteiger partial charge on any atom is -0.501 e. The van der Waals surface area contributed by atoms with Crippen molar-refractivity contribution in [1.29, 1.82) is 0 Å². The maximum atomic E-state index is 12.6. The van der Waals surface area contributed by atoms with Crippen LogP contribution in [0.2, 0.25) is 0 Å². The van der Waals surface area contributed by atoms with Crippen LogP contribution in [0.25, 0.3) is 0 Å². The van der Waals surface area contributed by atoms with Crippen molar-refractivity contribution in [2.24, 2.45) is 0 Å². The molecule has 0 saturated carbocycles. The zero-order valence-electron chi connectivity index (χ0n) is 17.9. The summed E-state index contributed by atoms with van der Waals surface area (Å²) in [6.45, 7) is 2.28. The van der Waals surface area contributed by atoms with Gasteiger partial charge in [0.25, 0.3) is 11.8 Å². The van der Waals surface area contributed by atoms with Crippen molar-refractivity contribution < 1.29 is 29.3 Å². The fourth-order valence-corrected chi connectivity index (χ4v) is 2.86. The molecular weight excluding hydrogens is 428 g/mol. The molecule has 0 atom stereocenters. The van der Waals surface area contributed by atoms with Crippen molar-refractivity contribution in [3.63, 3.8) is 0 Å². The highest BCUT2D eigenvalue weighted by molar-refractivity contribution is 5.95. The number of carbonyl (C=O) groups excluding carboxylic acids is 2. The van der Waals surface area contributed by atoms with E-state index in [-0.39, 0.29) is 25.5 Å². The van der Waals surface area contributed by atoms with E-state index in [9.17, 15) is 19.8 Å². The van der Waals surface area contributed by atoms with Gasteiger partial charge in [-0.1, -0.05) is 48.5 Å². The van der Waals surface area contributed by atoms with Gasteiger partial charge in [-0.05, 0) is 18.6 Å². The first-order valence-electron chi connectivity index (χ1n) is 10.2. The number of nitrogens with zero attached hydrogens (tertiary/aromatic N) is 2. The van der Waals surface area contributed by atoms with E-state index < -0.39 is 29.3 Å². The highest BCUT2D eigenvalue weighted by Crippen LogP contribution is 2.25. The van der Waals surface area contributed by atoms with Crippen molar-refractivity contribution in [3.05, 3.63) is 77.2 Å². The Morgan fingerprint density at radius 1 is 0.939 bits per heavy atom. The van der Waals surface area contributed by atoms with Crippen LogP contribution in [0.3, 0.4) is 0 Å². The van der Waals surface area contributed by atoms with Crippen molar-refractivity contribution in [3.8, 4) is 17.4 Å². The fourth-order valence-electron chi connectivity index (χ4n) is 2.86. The lowest BCUT2D eigenvalue weighted by Gasteiger charge is -2.12. The fraction of sp³-hybridized carbons (Fsp3) is 0.217. The molecule has 0 radical (unpaired) electrons. The van der Waals surface area contributed by atoms with E-state index >= 15 is 0 Å². The predicted octanol–water partition coefficient (Wildman–Crippen LogP) is 2.64. The van der Waals surface area contributed by atoms with Crippen LogP contribution in [0.15, 0.2) is 54.6 Å². The molecule has 0 unspecified atom stereocenters. The molecule has 172 valence electrons. The number of hydrogen-bond acceptors (Lipinski definition) is 8. The molecule has 3 rings (SSSR count). The molecule has 2 amide bonds. The topological polar surface area (TPSA) is 143 Å². The molecule has 33 heavy (non-hydrogen) atoms. The number of aromatic hydroxyl groups is 2. The number of hydrogen-bond donors (Lipinski definition) is 4. The Bertz CT molecular complexity index is 1110. The molecule has 1 heterocycles. The van der Waals surface area contributed by atoms with Crippen LogP contribution >= 0.6 is 0 Å². The lowest BCUT2D eigenvalue weighted by Crippen LogP contribution is -2.27. The van der Waals surface area contributed by atoms with Gasteiger partial charge in [-0.3, -0.25) is 4.79 Å². The number of ether oxygens (including phenoxy) is 2. The molecule has 0 aliphatic heterocycles. The lowest BCUT2D eigenvalue weighted by molar-refractivity contribution is 0.0941. The SMILES string of the molecule is CCOc1ccccc1CNC(=O)c1nc(CNC(=O)OCc2ccccc2)nc(O)c1O. The second kappa shape index (κ2) is 11.3. The maximum absolute atomic E-state index is 12.6. The average Bonchev–Trinajstić information content (AvgIpc) is 2.83. The van der Waals surface area contributed by atoms with E-state index in [1.807, 2.05) is 43.3 Å². The van der Waals surface area contributed by atoms with E-state index in [4.69, 9.17) is 9.47 Å². The van der Waals surface area contributed by atoms with Crippen LogP contribution in [0.5, 0.6) is 17.4 Å². The van der Waals surface area contributed by atoms with Gasteiger partial charge in [0.2, 0.25) is 5.75 Å². The molecule has 10 heteroatoms. The number of carbonyl (C=O) groups is 2. The Morgan fingerprint density at radius 3 is 2.42 bits per heavy atom. The first kappa shape index (κ1) is 23.3. The number of benzene rings is 2. The first-order valence-corrected chi connectivity index (χ1v) is 10.2. The number of nitrogens with one attached hydrogen (secondary N) is 2. The number of amides is 2. The predicted molar refractivity (Wildman–Crippen MR) is 118 cm³/mol. The monoisotopic (exact) mass is 452 g/mol. The molecule has 0 aliphatic rings. The van der Waals surface area contributed by atoms with Gasteiger partial charge < -0.3 is 30.3 Å². The molecule has 0 aliphatic carbocycles. The molecule has 1 aromatic heterocycles. The summed E-state index contributed by atoms with van der Waals surface area (Å²) in [7, 11) is 0. The summed E-state index contributed by atoms with van der Waals surface area (Å²) in [5.41, 5.74) is 1.12. The minimum atomic E-state index is -0.778. The summed E-state index contributed by atoms with van der Waals surface area (Å²) < 4.78 is 10.6. The third kappa shape index (κ3) is 6.57. The molecule has 4 N–H and O–H groups in total. The second-order valence-electron chi connectivity index (χ2n) is 6.80. The third-order valence-corrected chi connectivity index (χ3v) is 4.44. The maximum Gasteiger partial charge on any atom is 0.407 e. The zero-order chi connectivity index (χ0) is 23.6. The second-order valence-corrected chi connectivity index (χ2v) is 6.80. The Balaban J connectivity index is 1.60. The van der Waals surface area contributed by atoms with Crippen LogP contribution in [0, 0.1) is 0 Å². The van der Waals surface area contributed by atoms with Crippen LogP contribution in [0.1, 0.15) is 34.4 Å². The molecule has 0 saturated heterocycles. The zero-order valence-corrected chi connectivity index (χ0v) is 17.9. The van der Waals surface area contributed by atoms with Gasteiger partial charge in [0, 0.05) is 12.1 Å². The van der Waals surface area contributed by atoms with E-state index in [1.54, 1.807) is 18.2 Å². The largest absolute Gasteiger partial charge is 0.501 e. The van der Waals surface area contributed by atoms with Gasteiger partial charge in [0.05, 0.1) is 13.2 Å². The summed E-state index contributed by atoms with van der Waals surface area (Å²) in [6.07, 6.45) is -0.728. The van der Waals surface area contributed by atoms with Gasteiger partial charge in [-0.25, -0.2) is 9.78 Å². The normalized spacial score (nSPS) is 10.3. The molecule has 10 nitrogen and oxygen atoms in total. The first-order chi connectivity index (χ1) is 16.0. The average molecular weight is 452 g/mol. The van der Waals surface area contributed by atoms with E-state index in [2.05, 4.69) is 20.6 Å². The highest BCUT2D eigenvalue weighted by Gasteiger charge is 2.20. The summed E-state index contributed by atoms with van der Waals surface area (Å²) in [5.74, 6) is -1.74. The Morgan fingerprint density at radius 2 is 1.67 bits per heavy atom. The number of rotatable bonds is 9. The third-order valence-electron chi connectivity index (χ3n) is 4.44. The van der Waals surface area contributed by atoms with Gasteiger partial charge >= 0.3 is 6.09 Å². The van der Waals surface area contributed by atoms with Gasteiger partial charge in [0.1, 0.15) is 12.4 Å². The van der Waals surface area contributed by atoms with E-state index in [0.29, 0.717) is 12.4 Å². The van der Waals surface area contributed by atoms with Gasteiger partial charge in [0.15, 0.2) is 11.5 Å². The summed E-state index contributed by atoms with van der Waals surface area (Å²) >= 11 is 0. The van der Waals surface area contributed by atoms with E-state index in [1.165, 1.54) is 0 Å². The van der Waals surface area contributed by atoms with Crippen LogP contribution in [-0.2, 0) is 24.4 Å². The van der Waals surface area contributed by atoms with Gasteiger partial charge in [-0.2, -0.15) is 4.98 Å². The summed E-state index contributed by atoms with van der Waals surface area (Å²) in [6, 6.07) is 16.3. The lowest BCUT2D eigenvalue weighted by atomic mass is 10.2. The van der Waals surface area contributed by atoms with E-state index in [0.717, 1.165) is 11.1 Å².